The van der Waals surface area contributed by atoms with Gasteiger partial charge in [-0.1, -0.05) is 54.1 Å². The van der Waals surface area contributed by atoms with Crippen molar-refractivity contribution in [2.45, 2.75) is 38.8 Å². The molecule has 1 amide bonds. The van der Waals surface area contributed by atoms with Gasteiger partial charge in [-0.2, -0.15) is 0 Å². The third kappa shape index (κ3) is 6.34. The Bertz CT molecular complexity index is 628. The molecule has 4 heteroatoms. The summed E-state index contributed by atoms with van der Waals surface area (Å²) in [5.74, 6) is 0.0800. The summed E-state index contributed by atoms with van der Waals surface area (Å²) >= 11 is 5.90. The van der Waals surface area contributed by atoms with Crippen LogP contribution >= 0.6 is 11.6 Å². The van der Waals surface area contributed by atoms with Gasteiger partial charge in [-0.15, -0.1) is 0 Å². The molecule has 3 nitrogen and oxygen atoms in total. The minimum atomic E-state index is 0.0800. The molecule has 3 N–H and O–H groups in total. The van der Waals surface area contributed by atoms with Crippen LogP contribution in [0.25, 0.3) is 0 Å². The Morgan fingerprint density at radius 2 is 1.75 bits per heavy atom. The molecule has 0 bridgehead atoms. The van der Waals surface area contributed by atoms with Crippen LogP contribution in [-0.4, -0.2) is 18.5 Å². The maximum atomic E-state index is 12.1. The van der Waals surface area contributed by atoms with Crippen molar-refractivity contribution >= 4 is 17.5 Å². The van der Waals surface area contributed by atoms with E-state index in [9.17, 15) is 4.79 Å². The fourth-order valence-electron chi connectivity index (χ4n) is 2.62. The SMILES string of the molecule is C[C@H](CCc1ccccc1)NC(=O)C[NH2+][C@H](C)c1ccc(Cl)cc1. The van der Waals surface area contributed by atoms with Crippen molar-refractivity contribution in [1.82, 2.24) is 5.32 Å². The zero-order valence-corrected chi connectivity index (χ0v) is 15.1. The van der Waals surface area contributed by atoms with Crippen LogP contribution in [0.2, 0.25) is 5.02 Å². The number of quaternary nitrogens is 1. The van der Waals surface area contributed by atoms with Crippen LogP contribution in [0.5, 0.6) is 0 Å². The zero-order valence-electron chi connectivity index (χ0n) is 14.3. The number of amides is 1. The highest BCUT2D eigenvalue weighted by Crippen LogP contribution is 2.13. The molecule has 24 heavy (non-hydrogen) atoms. The fraction of sp³-hybridized carbons (Fsp3) is 0.350. The highest BCUT2D eigenvalue weighted by molar-refractivity contribution is 6.30. The first-order valence-electron chi connectivity index (χ1n) is 8.46. The normalized spacial score (nSPS) is 13.3. The Morgan fingerprint density at radius 1 is 1.08 bits per heavy atom. The molecule has 0 aromatic heterocycles. The maximum absolute atomic E-state index is 12.1. The van der Waals surface area contributed by atoms with Crippen molar-refractivity contribution < 1.29 is 10.1 Å². The second-order valence-corrected chi connectivity index (χ2v) is 6.71. The van der Waals surface area contributed by atoms with Gasteiger partial charge in [0.2, 0.25) is 0 Å². The first kappa shape index (κ1) is 18.5. The summed E-state index contributed by atoms with van der Waals surface area (Å²) in [6, 6.07) is 18.5. The third-order valence-electron chi connectivity index (χ3n) is 4.17. The molecule has 2 atom stereocenters. The van der Waals surface area contributed by atoms with Gasteiger partial charge < -0.3 is 10.6 Å². The molecule has 0 saturated heterocycles. The highest BCUT2D eigenvalue weighted by Gasteiger charge is 2.13. The summed E-state index contributed by atoms with van der Waals surface area (Å²) in [7, 11) is 0. The number of carbonyl (C=O) groups is 1. The summed E-state index contributed by atoms with van der Waals surface area (Å²) in [4.78, 5) is 12.1. The number of nitrogens with one attached hydrogen (secondary N) is 1. The van der Waals surface area contributed by atoms with E-state index < -0.39 is 0 Å². The maximum Gasteiger partial charge on any atom is 0.275 e. The van der Waals surface area contributed by atoms with Crippen molar-refractivity contribution in [3.8, 4) is 0 Å². The van der Waals surface area contributed by atoms with Gasteiger partial charge in [0, 0.05) is 16.6 Å². The molecule has 2 rings (SSSR count). The van der Waals surface area contributed by atoms with E-state index in [2.05, 4.69) is 31.3 Å². The third-order valence-corrected chi connectivity index (χ3v) is 4.42. The van der Waals surface area contributed by atoms with E-state index in [1.54, 1.807) is 0 Å². The zero-order chi connectivity index (χ0) is 17.4. The lowest BCUT2D eigenvalue weighted by molar-refractivity contribution is -0.682. The van der Waals surface area contributed by atoms with Crippen LogP contribution < -0.4 is 10.6 Å². The number of nitrogens with two attached hydrogens (primary N) is 1. The molecule has 0 spiro atoms. The smallest absolute Gasteiger partial charge is 0.275 e. The number of benzene rings is 2. The average Bonchev–Trinajstić information content (AvgIpc) is 2.59. The van der Waals surface area contributed by atoms with Crippen molar-refractivity contribution in [3.05, 3.63) is 70.7 Å². The lowest BCUT2D eigenvalue weighted by atomic mass is 10.1. The number of hydrogen-bond donors (Lipinski definition) is 2. The van der Waals surface area contributed by atoms with Gasteiger partial charge in [0.1, 0.15) is 6.04 Å². The Kier molecular flexibility index (Phi) is 7.29. The van der Waals surface area contributed by atoms with Crippen LogP contribution in [0.4, 0.5) is 0 Å². The molecule has 0 aliphatic rings. The molecule has 2 aromatic rings. The van der Waals surface area contributed by atoms with E-state index in [0.29, 0.717) is 6.54 Å². The Morgan fingerprint density at radius 3 is 2.42 bits per heavy atom. The summed E-state index contributed by atoms with van der Waals surface area (Å²) in [5, 5.41) is 5.85. The number of carbonyl (C=O) groups excluding carboxylic acids is 1. The highest BCUT2D eigenvalue weighted by atomic mass is 35.5. The lowest BCUT2D eigenvalue weighted by Crippen LogP contribution is -2.87. The minimum Gasteiger partial charge on any atom is -0.349 e. The van der Waals surface area contributed by atoms with Gasteiger partial charge in [0.25, 0.3) is 5.91 Å². The molecule has 0 saturated carbocycles. The molecule has 0 aliphatic heterocycles. The summed E-state index contributed by atoms with van der Waals surface area (Å²) in [6.45, 7) is 4.58. The topological polar surface area (TPSA) is 45.7 Å². The molecular formula is C20H26ClN2O+. The first-order chi connectivity index (χ1) is 11.5. The van der Waals surface area contributed by atoms with E-state index >= 15 is 0 Å². The largest absolute Gasteiger partial charge is 0.349 e. The number of aryl methyl sites for hydroxylation is 1. The van der Waals surface area contributed by atoms with E-state index in [1.165, 1.54) is 11.1 Å². The second kappa shape index (κ2) is 9.45. The molecule has 128 valence electrons. The van der Waals surface area contributed by atoms with E-state index in [0.717, 1.165) is 17.9 Å². The number of hydrogen-bond acceptors (Lipinski definition) is 1. The van der Waals surface area contributed by atoms with E-state index in [-0.39, 0.29) is 18.0 Å². The molecule has 0 unspecified atom stereocenters. The average molecular weight is 346 g/mol. The predicted molar refractivity (Wildman–Crippen MR) is 99.0 cm³/mol. The Hall–Kier alpha value is -1.84. The molecule has 0 fully saturated rings. The van der Waals surface area contributed by atoms with Gasteiger partial charge in [0.15, 0.2) is 6.54 Å². The fourth-order valence-corrected chi connectivity index (χ4v) is 2.75. The number of rotatable bonds is 8. The summed E-state index contributed by atoms with van der Waals surface area (Å²) < 4.78 is 0. The van der Waals surface area contributed by atoms with Crippen molar-refractivity contribution in [2.75, 3.05) is 6.54 Å². The van der Waals surface area contributed by atoms with Gasteiger partial charge in [-0.05, 0) is 44.4 Å². The Balaban J connectivity index is 1.69. The van der Waals surface area contributed by atoms with Crippen LogP contribution in [0.15, 0.2) is 54.6 Å². The van der Waals surface area contributed by atoms with Gasteiger partial charge >= 0.3 is 0 Å². The monoisotopic (exact) mass is 345 g/mol. The minimum absolute atomic E-state index is 0.0800. The van der Waals surface area contributed by atoms with Crippen molar-refractivity contribution in [2.24, 2.45) is 0 Å². The lowest BCUT2D eigenvalue weighted by Gasteiger charge is -2.15. The van der Waals surface area contributed by atoms with Crippen molar-refractivity contribution in [1.29, 1.82) is 0 Å². The predicted octanol–water partition coefficient (Wildman–Crippen LogP) is 3.10. The van der Waals surface area contributed by atoms with Gasteiger partial charge in [0.05, 0.1) is 0 Å². The summed E-state index contributed by atoms with van der Waals surface area (Å²) in [6.07, 6.45) is 1.93. The van der Waals surface area contributed by atoms with Gasteiger partial charge in [-0.3, -0.25) is 4.79 Å². The van der Waals surface area contributed by atoms with Crippen LogP contribution in [0.1, 0.15) is 37.4 Å². The molecule has 0 heterocycles. The molecule has 0 radical (unpaired) electrons. The quantitative estimate of drug-likeness (QED) is 0.758. The van der Waals surface area contributed by atoms with Crippen molar-refractivity contribution in [3.63, 3.8) is 0 Å². The van der Waals surface area contributed by atoms with E-state index in [1.807, 2.05) is 47.8 Å². The Labute approximate surface area is 149 Å². The van der Waals surface area contributed by atoms with Gasteiger partial charge in [-0.25, -0.2) is 0 Å². The van der Waals surface area contributed by atoms with Crippen LogP contribution in [0, 0.1) is 0 Å². The molecule has 2 aromatic carbocycles. The van der Waals surface area contributed by atoms with E-state index in [4.69, 9.17) is 11.6 Å². The molecule has 0 aliphatic carbocycles. The second-order valence-electron chi connectivity index (χ2n) is 6.27. The van der Waals surface area contributed by atoms with Crippen LogP contribution in [0.3, 0.4) is 0 Å². The van der Waals surface area contributed by atoms with Crippen LogP contribution in [-0.2, 0) is 11.2 Å². The number of halogens is 1. The summed E-state index contributed by atoms with van der Waals surface area (Å²) in [5.41, 5.74) is 2.48. The molecular weight excluding hydrogens is 320 g/mol. The first-order valence-corrected chi connectivity index (χ1v) is 8.84. The standard InChI is InChI=1S/C20H25ClN2O/c1-15(8-9-17-6-4-3-5-7-17)23-20(24)14-22-16(2)18-10-12-19(21)13-11-18/h3-7,10-13,15-16,22H,8-9,14H2,1-2H3,(H,23,24)/p+1/t15-,16-/m1/s1.